The monoisotopic (exact) mass is 639 g/mol. The van der Waals surface area contributed by atoms with Crippen molar-refractivity contribution in [3.8, 4) is 0 Å². The van der Waals surface area contributed by atoms with Gasteiger partial charge in [-0.15, -0.1) is 0 Å². The molecule has 2 amide bonds. The van der Waals surface area contributed by atoms with E-state index < -0.39 is 29.5 Å². The molecule has 1 saturated heterocycles. The van der Waals surface area contributed by atoms with Gasteiger partial charge >= 0.3 is 6.09 Å². The summed E-state index contributed by atoms with van der Waals surface area (Å²) < 4.78 is 53.7. The number of halogens is 3. The van der Waals surface area contributed by atoms with E-state index >= 15 is 0 Å². The first-order chi connectivity index (χ1) is 22.0. The van der Waals surface area contributed by atoms with Crippen LogP contribution in [0.3, 0.4) is 0 Å². The molecule has 1 fully saturated rings. The highest BCUT2D eigenvalue weighted by Gasteiger charge is 2.26. The zero-order valence-corrected chi connectivity index (χ0v) is 26.9. The van der Waals surface area contributed by atoms with E-state index in [9.17, 15) is 22.8 Å². The van der Waals surface area contributed by atoms with Gasteiger partial charge in [-0.05, 0) is 72.9 Å². The fourth-order valence-corrected chi connectivity index (χ4v) is 6.03. The number of anilines is 1. The smallest absolute Gasteiger partial charge is 0.407 e. The van der Waals surface area contributed by atoms with Crippen LogP contribution >= 0.6 is 0 Å². The summed E-state index contributed by atoms with van der Waals surface area (Å²) in [5.74, 6) is -1.52. The Morgan fingerprint density at radius 1 is 0.913 bits per heavy atom. The van der Waals surface area contributed by atoms with Gasteiger partial charge in [0.05, 0.1) is 37.4 Å². The van der Waals surface area contributed by atoms with E-state index in [1.807, 2.05) is 0 Å². The minimum Gasteiger partial charge on any atom is -0.449 e. The largest absolute Gasteiger partial charge is 0.449 e. The third kappa shape index (κ3) is 10.0. The lowest BCUT2D eigenvalue weighted by atomic mass is 9.88. The van der Waals surface area contributed by atoms with Crippen molar-refractivity contribution >= 4 is 17.7 Å². The van der Waals surface area contributed by atoms with Crippen LogP contribution in [0, 0.1) is 35.2 Å². The second-order valence-electron chi connectivity index (χ2n) is 12.7. The molecular formula is C36H44F3N3O4. The standard InChI is InChI=1S/C36H44F3N3O4/c1-22(2)35(23(3)4)42-36(44)46-21-24-5-14-29(45-20-24)15-16-30-32(39)18-40-19-33(30)41-34(43)17-31(25-6-10-27(37)11-7-25)26-8-12-28(38)13-9-26/h6-13,18-19,22-24,29,31,35H,5,14-17,20-21H2,1-4H3,(H,41,43)(H,42,44)/t24-,29-/m0/s1. The number of carbonyl (C=O) groups is 2. The number of aromatic nitrogens is 1. The number of alkyl carbamates (subject to hydrolysis) is 1. The Hall–Kier alpha value is -3.92. The molecule has 0 saturated carbocycles. The highest BCUT2D eigenvalue weighted by molar-refractivity contribution is 5.92. The summed E-state index contributed by atoms with van der Waals surface area (Å²) in [4.78, 5) is 29.5. The summed E-state index contributed by atoms with van der Waals surface area (Å²) in [5, 5.41) is 5.77. The maximum atomic E-state index is 15.0. The molecule has 2 aromatic carbocycles. The average molecular weight is 640 g/mol. The van der Waals surface area contributed by atoms with Crippen LogP contribution in [-0.4, -0.2) is 42.3 Å². The molecule has 1 aliphatic rings. The van der Waals surface area contributed by atoms with Gasteiger partial charge in [-0.25, -0.2) is 18.0 Å². The topological polar surface area (TPSA) is 89.5 Å². The molecular weight excluding hydrogens is 595 g/mol. The lowest BCUT2D eigenvalue weighted by molar-refractivity contribution is -0.116. The Balaban J connectivity index is 1.31. The zero-order valence-electron chi connectivity index (χ0n) is 26.9. The van der Waals surface area contributed by atoms with Crippen molar-refractivity contribution in [2.45, 2.75) is 77.9 Å². The molecule has 10 heteroatoms. The minimum absolute atomic E-state index is 0.0317. The minimum atomic E-state index is -0.527. The maximum Gasteiger partial charge on any atom is 0.407 e. The number of hydrogen-bond acceptors (Lipinski definition) is 5. The Kier molecular flexibility index (Phi) is 12.6. The Morgan fingerprint density at radius 2 is 1.52 bits per heavy atom. The van der Waals surface area contributed by atoms with E-state index in [-0.39, 0.29) is 42.7 Å². The maximum absolute atomic E-state index is 15.0. The van der Waals surface area contributed by atoms with E-state index in [1.54, 1.807) is 24.3 Å². The first kappa shape index (κ1) is 34.9. The van der Waals surface area contributed by atoms with Crippen LogP contribution in [0.5, 0.6) is 0 Å². The van der Waals surface area contributed by atoms with E-state index in [0.29, 0.717) is 48.0 Å². The Bertz CT molecular complexity index is 1370. The molecule has 1 aliphatic heterocycles. The summed E-state index contributed by atoms with van der Waals surface area (Å²) in [6.45, 7) is 8.97. The highest BCUT2D eigenvalue weighted by atomic mass is 19.1. The van der Waals surface area contributed by atoms with Gasteiger partial charge in [-0.3, -0.25) is 9.78 Å². The number of ether oxygens (including phenoxy) is 2. The summed E-state index contributed by atoms with van der Waals surface area (Å²) in [6.07, 6.45) is 4.40. The molecule has 0 unspecified atom stereocenters. The van der Waals surface area contributed by atoms with E-state index in [4.69, 9.17) is 9.47 Å². The fourth-order valence-electron chi connectivity index (χ4n) is 6.03. The van der Waals surface area contributed by atoms with Crippen LogP contribution in [0.2, 0.25) is 0 Å². The molecule has 0 spiro atoms. The number of nitrogens with one attached hydrogen (secondary N) is 2. The van der Waals surface area contributed by atoms with Gasteiger partial charge in [0.15, 0.2) is 0 Å². The van der Waals surface area contributed by atoms with Crippen molar-refractivity contribution in [3.63, 3.8) is 0 Å². The van der Waals surface area contributed by atoms with Crippen molar-refractivity contribution in [2.75, 3.05) is 18.5 Å². The number of rotatable bonds is 13. The Morgan fingerprint density at radius 3 is 2.07 bits per heavy atom. The van der Waals surface area contributed by atoms with E-state index in [0.717, 1.165) is 19.0 Å². The van der Waals surface area contributed by atoms with Crippen molar-refractivity contribution < 1.29 is 32.2 Å². The van der Waals surface area contributed by atoms with Crippen molar-refractivity contribution in [3.05, 3.63) is 95.1 Å². The number of hydrogen-bond donors (Lipinski definition) is 2. The third-order valence-corrected chi connectivity index (χ3v) is 8.57. The second-order valence-corrected chi connectivity index (χ2v) is 12.7. The number of carbonyl (C=O) groups excluding carboxylic acids is 2. The van der Waals surface area contributed by atoms with E-state index in [1.165, 1.54) is 30.5 Å². The molecule has 7 nitrogen and oxygen atoms in total. The molecule has 1 aromatic heterocycles. The molecule has 248 valence electrons. The highest BCUT2D eigenvalue weighted by Crippen LogP contribution is 2.30. The van der Waals surface area contributed by atoms with Crippen LogP contribution in [0.25, 0.3) is 0 Å². The zero-order chi connectivity index (χ0) is 33.2. The Labute approximate surface area is 269 Å². The molecule has 2 atom stereocenters. The quantitative estimate of drug-likeness (QED) is 0.199. The van der Waals surface area contributed by atoms with E-state index in [2.05, 4.69) is 43.3 Å². The molecule has 2 heterocycles. The molecule has 4 rings (SSSR count). The van der Waals surface area contributed by atoms with Crippen molar-refractivity contribution in [1.82, 2.24) is 10.3 Å². The molecule has 46 heavy (non-hydrogen) atoms. The summed E-state index contributed by atoms with van der Waals surface area (Å²) in [7, 11) is 0. The van der Waals surface area contributed by atoms with Gasteiger partial charge in [-0.1, -0.05) is 52.0 Å². The van der Waals surface area contributed by atoms with Crippen LogP contribution < -0.4 is 10.6 Å². The van der Waals surface area contributed by atoms with Gasteiger partial charge in [-0.2, -0.15) is 0 Å². The molecule has 3 aromatic rings. The second kappa shape index (κ2) is 16.6. The summed E-state index contributed by atoms with van der Waals surface area (Å²) >= 11 is 0. The predicted molar refractivity (Wildman–Crippen MR) is 171 cm³/mol. The first-order valence-electron chi connectivity index (χ1n) is 16.0. The SMILES string of the molecule is CC(C)C(NC(=O)OC[C@H]1CC[C@@H](CCc2c(F)cncc2NC(=O)CC(c2ccc(F)cc2)c2ccc(F)cc2)OC1)C(C)C. The van der Waals surface area contributed by atoms with Crippen LogP contribution in [-0.2, 0) is 20.7 Å². The molecule has 0 bridgehead atoms. The fraction of sp³-hybridized carbons (Fsp3) is 0.472. The number of pyridine rings is 1. The molecule has 2 N–H and O–H groups in total. The average Bonchev–Trinajstić information content (AvgIpc) is 3.02. The molecule has 0 aliphatic carbocycles. The number of amides is 2. The van der Waals surface area contributed by atoms with Gasteiger partial charge < -0.3 is 20.1 Å². The van der Waals surface area contributed by atoms with Gasteiger partial charge in [0.1, 0.15) is 17.5 Å². The van der Waals surface area contributed by atoms with Gasteiger partial charge in [0, 0.05) is 29.9 Å². The summed E-state index contributed by atoms with van der Waals surface area (Å²) in [6, 6.07) is 11.7. The van der Waals surface area contributed by atoms with Crippen LogP contribution in [0.1, 0.15) is 76.0 Å². The number of benzene rings is 2. The van der Waals surface area contributed by atoms with Crippen molar-refractivity contribution in [2.24, 2.45) is 17.8 Å². The molecule has 0 radical (unpaired) electrons. The first-order valence-corrected chi connectivity index (χ1v) is 16.0. The van der Waals surface area contributed by atoms with Gasteiger partial charge in [0.2, 0.25) is 5.91 Å². The number of nitrogens with zero attached hydrogens (tertiary/aromatic N) is 1. The summed E-state index contributed by atoms with van der Waals surface area (Å²) in [5.41, 5.74) is 1.99. The lowest BCUT2D eigenvalue weighted by Gasteiger charge is -2.30. The lowest BCUT2D eigenvalue weighted by Crippen LogP contribution is -2.43. The van der Waals surface area contributed by atoms with Crippen LogP contribution in [0.15, 0.2) is 60.9 Å². The van der Waals surface area contributed by atoms with Gasteiger partial charge in [0.25, 0.3) is 0 Å². The van der Waals surface area contributed by atoms with Crippen LogP contribution in [0.4, 0.5) is 23.7 Å². The predicted octanol–water partition coefficient (Wildman–Crippen LogP) is 7.79. The normalized spacial score (nSPS) is 16.7. The van der Waals surface area contributed by atoms with Crippen molar-refractivity contribution in [1.29, 1.82) is 0 Å². The third-order valence-electron chi connectivity index (χ3n) is 8.57.